The molecule has 0 fully saturated rings. The summed E-state index contributed by atoms with van der Waals surface area (Å²) in [6.07, 6.45) is 16.5. The molecule has 0 aliphatic rings. The van der Waals surface area contributed by atoms with Crippen LogP contribution in [0.2, 0.25) is 5.04 Å². The number of hydrogen-bond donors (Lipinski definition) is 1. The van der Waals surface area contributed by atoms with Crippen LogP contribution in [0.15, 0.2) is 60.7 Å². The van der Waals surface area contributed by atoms with Crippen LogP contribution in [0.3, 0.4) is 0 Å². The lowest BCUT2D eigenvalue weighted by atomic mass is 10.0. The molecule has 0 saturated heterocycles. The quantitative estimate of drug-likeness (QED) is 0.0919. The van der Waals surface area contributed by atoms with Crippen molar-refractivity contribution in [1.82, 2.24) is 0 Å². The van der Waals surface area contributed by atoms with Gasteiger partial charge >= 0.3 is 0 Å². The summed E-state index contributed by atoms with van der Waals surface area (Å²) in [6, 6.07) is 21.7. The average Bonchev–Trinajstić information content (AvgIpc) is 2.94. The van der Waals surface area contributed by atoms with Crippen LogP contribution in [0.1, 0.15) is 98.3 Å². The van der Waals surface area contributed by atoms with Gasteiger partial charge in [0, 0.05) is 13.0 Å². The molecule has 2 atom stereocenters. The standard InChI is InChI=1S/C35H53O4Si/c1-5-6-13-23-32(38-30-36)24-20-22-31(37)21-14-9-7-8-10-19-29-39-40(35(2,3)4,33-25-15-11-16-26-33)34-27-17-12-18-28-34/h11-12,15-18,20,22,24-28,30-32,37H,5-10,13-14,19,21,23,29H2,1-4H3/t31-,32+/m1/s1. The van der Waals surface area contributed by atoms with E-state index in [1.165, 1.54) is 23.2 Å². The van der Waals surface area contributed by atoms with Crippen LogP contribution in [0, 0.1) is 19.3 Å². The number of carbonyl (C=O) groups excluding carboxylic acids is 1. The van der Waals surface area contributed by atoms with Crippen molar-refractivity contribution in [1.29, 1.82) is 0 Å². The van der Waals surface area contributed by atoms with Crippen LogP contribution in [-0.4, -0.2) is 38.7 Å². The summed E-state index contributed by atoms with van der Waals surface area (Å²) in [4.78, 5) is 10.7. The highest BCUT2D eigenvalue weighted by atomic mass is 28.4. The molecule has 0 bridgehead atoms. The van der Waals surface area contributed by atoms with Gasteiger partial charge in [0.1, 0.15) is 6.10 Å². The normalized spacial score (nSPS) is 13.6. The zero-order valence-electron chi connectivity index (χ0n) is 25.4. The maximum absolute atomic E-state index is 10.7. The van der Waals surface area contributed by atoms with Crippen molar-refractivity contribution in [2.75, 3.05) is 6.61 Å². The predicted octanol–water partition coefficient (Wildman–Crippen LogP) is 7.39. The molecule has 2 aromatic rings. The SMILES string of the molecule is CCCCC[C@@H]([CH][CH][CH][C@H](O)CCCCCCCCO[Si](c1ccccc1)(c1ccccc1)C(C)(C)C)OC=O. The molecule has 2 rings (SSSR count). The lowest BCUT2D eigenvalue weighted by molar-refractivity contribution is -0.132. The van der Waals surface area contributed by atoms with E-state index in [1.54, 1.807) is 0 Å². The summed E-state index contributed by atoms with van der Waals surface area (Å²) in [5, 5.41) is 13.0. The van der Waals surface area contributed by atoms with Crippen molar-refractivity contribution in [2.24, 2.45) is 0 Å². The summed E-state index contributed by atoms with van der Waals surface area (Å²) in [5.41, 5.74) is 0. The first kappa shape index (κ1) is 34.2. The van der Waals surface area contributed by atoms with E-state index in [0.717, 1.165) is 64.4 Å². The van der Waals surface area contributed by atoms with Crippen molar-refractivity contribution < 1.29 is 19.1 Å². The van der Waals surface area contributed by atoms with Crippen LogP contribution < -0.4 is 10.4 Å². The second-order valence-corrected chi connectivity index (χ2v) is 16.1. The van der Waals surface area contributed by atoms with Crippen LogP contribution in [-0.2, 0) is 14.0 Å². The monoisotopic (exact) mass is 565 g/mol. The van der Waals surface area contributed by atoms with Gasteiger partial charge in [-0.3, -0.25) is 4.79 Å². The van der Waals surface area contributed by atoms with Crippen LogP contribution in [0.4, 0.5) is 0 Å². The fourth-order valence-corrected chi connectivity index (χ4v) is 10.0. The molecular weight excluding hydrogens is 512 g/mol. The van der Waals surface area contributed by atoms with Crippen molar-refractivity contribution >= 4 is 25.2 Å². The summed E-state index contributed by atoms with van der Waals surface area (Å²) in [5.74, 6) is 0. The topological polar surface area (TPSA) is 55.8 Å². The second kappa shape index (κ2) is 19.2. The maximum atomic E-state index is 10.7. The van der Waals surface area contributed by atoms with Crippen molar-refractivity contribution in [3.05, 3.63) is 79.9 Å². The predicted molar refractivity (Wildman–Crippen MR) is 170 cm³/mol. The van der Waals surface area contributed by atoms with E-state index in [4.69, 9.17) is 9.16 Å². The van der Waals surface area contributed by atoms with Gasteiger partial charge in [-0.2, -0.15) is 0 Å². The van der Waals surface area contributed by atoms with E-state index in [1.807, 2.05) is 19.3 Å². The summed E-state index contributed by atoms with van der Waals surface area (Å²) in [6.45, 7) is 10.4. The van der Waals surface area contributed by atoms with Crippen molar-refractivity contribution in [3.8, 4) is 0 Å². The zero-order chi connectivity index (χ0) is 29.1. The van der Waals surface area contributed by atoms with E-state index in [2.05, 4.69) is 88.4 Å². The third-order valence-corrected chi connectivity index (χ3v) is 12.7. The molecule has 0 amide bonds. The molecule has 0 aliphatic carbocycles. The maximum Gasteiger partial charge on any atom is 0.293 e. The average molecular weight is 566 g/mol. The van der Waals surface area contributed by atoms with E-state index >= 15 is 0 Å². The number of ether oxygens (including phenoxy) is 1. The summed E-state index contributed by atoms with van der Waals surface area (Å²) in [7, 11) is -2.44. The number of hydrogen-bond acceptors (Lipinski definition) is 4. The van der Waals surface area contributed by atoms with Gasteiger partial charge in [-0.1, -0.05) is 133 Å². The van der Waals surface area contributed by atoms with Crippen LogP contribution in [0.25, 0.3) is 0 Å². The van der Waals surface area contributed by atoms with Crippen molar-refractivity contribution in [3.63, 3.8) is 0 Å². The Morgan fingerprint density at radius 1 is 0.775 bits per heavy atom. The Balaban J connectivity index is 1.68. The molecule has 0 unspecified atom stereocenters. The molecule has 0 aliphatic heterocycles. The van der Waals surface area contributed by atoms with Gasteiger partial charge in [-0.25, -0.2) is 0 Å². The van der Waals surface area contributed by atoms with E-state index in [-0.39, 0.29) is 11.1 Å². The molecule has 0 aromatic heterocycles. The van der Waals surface area contributed by atoms with E-state index < -0.39 is 14.4 Å². The minimum atomic E-state index is -2.44. The van der Waals surface area contributed by atoms with Gasteiger partial charge in [0.15, 0.2) is 0 Å². The van der Waals surface area contributed by atoms with Gasteiger partial charge in [-0.15, -0.1) is 0 Å². The number of benzene rings is 2. The van der Waals surface area contributed by atoms with E-state index in [9.17, 15) is 9.90 Å². The smallest absolute Gasteiger partial charge is 0.293 e. The second-order valence-electron chi connectivity index (χ2n) is 11.8. The first-order valence-electron chi connectivity index (χ1n) is 15.4. The summed E-state index contributed by atoms with van der Waals surface area (Å²) >= 11 is 0. The molecule has 5 heteroatoms. The Bertz CT molecular complexity index is 857. The van der Waals surface area contributed by atoms with Gasteiger partial charge in [0.05, 0.1) is 6.10 Å². The molecule has 0 heterocycles. The number of aliphatic hydroxyl groups excluding tert-OH is 1. The molecule has 2 aromatic carbocycles. The van der Waals surface area contributed by atoms with Gasteiger partial charge < -0.3 is 14.3 Å². The Morgan fingerprint density at radius 3 is 1.88 bits per heavy atom. The third-order valence-electron chi connectivity index (χ3n) is 7.61. The molecule has 0 spiro atoms. The minimum absolute atomic E-state index is 0.0141. The van der Waals surface area contributed by atoms with Gasteiger partial charge in [-0.05, 0) is 53.9 Å². The Hall–Kier alpha value is -1.95. The lowest BCUT2D eigenvalue weighted by Crippen LogP contribution is -2.66. The van der Waals surface area contributed by atoms with Gasteiger partial charge in [0.2, 0.25) is 0 Å². The number of unbranched alkanes of at least 4 members (excludes halogenated alkanes) is 7. The highest BCUT2D eigenvalue weighted by Crippen LogP contribution is 2.36. The number of rotatable bonds is 22. The minimum Gasteiger partial charge on any atom is -0.464 e. The van der Waals surface area contributed by atoms with Crippen molar-refractivity contribution in [2.45, 2.75) is 116 Å². The van der Waals surface area contributed by atoms with Crippen LogP contribution in [0.5, 0.6) is 0 Å². The molecule has 1 N–H and O–H groups in total. The largest absolute Gasteiger partial charge is 0.464 e. The summed E-state index contributed by atoms with van der Waals surface area (Å²) < 4.78 is 12.1. The van der Waals surface area contributed by atoms with Gasteiger partial charge in [0.25, 0.3) is 14.8 Å². The highest BCUT2D eigenvalue weighted by Gasteiger charge is 2.49. The van der Waals surface area contributed by atoms with E-state index in [0.29, 0.717) is 6.47 Å². The van der Waals surface area contributed by atoms with Crippen LogP contribution >= 0.6 is 0 Å². The number of aliphatic hydroxyl groups is 1. The molecular formula is C35H53O4Si. The first-order valence-corrected chi connectivity index (χ1v) is 17.3. The third kappa shape index (κ3) is 11.5. The molecule has 4 nitrogen and oxygen atoms in total. The Morgan fingerprint density at radius 2 is 1.32 bits per heavy atom. The Kier molecular flexibility index (Phi) is 16.5. The fraction of sp³-hybridized carbons (Fsp3) is 0.543. The molecule has 221 valence electrons. The molecule has 40 heavy (non-hydrogen) atoms. The first-order chi connectivity index (χ1) is 19.3. The number of carbonyl (C=O) groups is 1. The zero-order valence-corrected chi connectivity index (χ0v) is 26.4. The Labute approximate surface area is 246 Å². The lowest BCUT2D eigenvalue weighted by Gasteiger charge is -2.43. The fourth-order valence-electron chi connectivity index (χ4n) is 5.44. The molecule has 3 radical (unpaired) electrons. The molecule has 0 saturated carbocycles. The highest BCUT2D eigenvalue weighted by molar-refractivity contribution is 6.99.